The van der Waals surface area contributed by atoms with Crippen LogP contribution in [0.4, 0.5) is 0 Å². The van der Waals surface area contributed by atoms with Crippen molar-refractivity contribution in [1.29, 1.82) is 0 Å². The SMILES string of the molecule is CC(C)(C)c1ccc(S(=O)(=O)C2COCCC2O)cc1. The van der Waals surface area contributed by atoms with Gasteiger partial charge in [-0.3, -0.25) is 0 Å². The van der Waals surface area contributed by atoms with Crippen LogP contribution in [0.2, 0.25) is 0 Å². The van der Waals surface area contributed by atoms with E-state index in [-0.39, 0.29) is 16.9 Å². The van der Waals surface area contributed by atoms with Crippen molar-refractivity contribution in [1.82, 2.24) is 0 Å². The Labute approximate surface area is 120 Å². The van der Waals surface area contributed by atoms with Gasteiger partial charge in [-0.05, 0) is 29.5 Å². The van der Waals surface area contributed by atoms with E-state index in [1.54, 1.807) is 12.1 Å². The third-order valence-electron chi connectivity index (χ3n) is 3.72. The maximum absolute atomic E-state index is 12.5. The van der Waals surface area contributed by atoms with E-state index in [0.29, 0.717) is 13.0 Å². The molecule has 1 saturated heterocycles. The second-order valence-corrected chi connectivity index (χ2v) is 8.46. The molecule has 1 fully saturated rings. The number of aliphatic hydroxyl groups excluding tert-OH is 1. The number of rotatable bonds is 2. The van der Waals surface area contributed by atoms with Gasteiger partial charge in [-0.15, -0.1) is 0 Å². The maximum Gasteiger partial charge on any atom is 0.186 e. The zero-order valence-electron chi connectivity index (χ0n) is 12.2. The van der Waals surface area contributed by atoms with Crippen LogP contribution in [0.25, 0.3) is 0 Å². The van der Waals surface area contributed by atoms with Crippen LogP contribution in [0.1, 0.15) is 32.8 Å². The van der Waals surface area contributed by atoms with Gasteiger partial charge >= 0.3 is 0 Å². The summed E-state index contributed by atoms with van der Waals surface area (Å²) >= 11 is 0. The van der Waals surface area contributed by atoms with E-state index in [9.17, 15) is 13.5 Å². The molecule has 1 N–H and O–H groups in total. The van der Waals surface area contributed by atoms with Gasteiger partial charge in [0.25, 0.3) is 0 Å². The minimum Gasteiger partial charge on any atom is -0.392 e. The molecule has 20 heavy (non-hydrogen) atoms. The van der Waals surface area contributed by atoms with Gasteiger partial charge in [0.2, 0.25) is 0 Å². The van der Waals surface area contributed by atoms with Gasteiger partial charge in [0, 0.05) is 6.61 Å². The van der Waals surface area contributed by atoms with Gasteiger partial charge < -0.3 is 9.84 Å². The number of sulfone groups is 1. The summed E-state index contributed by atoms with van der Waals surface area (Å²) in [6.45, 7) is 6.71. The van der Waals surface area contributed by atoms with E-state index in [4.69, 9.17) is 4.74 Å². The van der Waals surface area contributed by atoms with Gasteiger partial charge in [-0.1, -0.05) is 32.9 Å². The molecule has 5 heteroatoms. The van der Waals surface area contributed by atoms with Crippen molar-refractivity contribution >= 4 is 9.84 Å². The zero-order valence-corrected chi connectivity index (χ0v) is 13.0. The third-order valence-corrected chi connectivity index (χ3v) is 5.89. The molecule has 2 unspecified atom stereocenters. The molecule has 1 heterocycles. The first-order valence-electron chi connectivity index (χ1n) is 6.83. The van der Waals surface area contributed by atoms with Crippen LogP contribution < -0.4 is 0 Å². The summed E-state index contributed by atoms with van der Waals surface area (Å²) in [5.74, 6) is 0. The average Bonchev–Trinajstić information content (AvgIpc) is 2.38. The van der Waals surface area contributed by atoms with Crippen molar-refractivity contribution in [2.24, 2.45) is 0 Å². The molecule has 2 atom stereocenters. The fourth-order valence-electron chi connectivity index (χ4n) is 2.32. The first-order valence-corrected chi connectivity index (χ1v) is 8.38. The number of hydrogen-bond donors (Lipinski definition) is 1. The Kier molecular flexibility index (Phi) is 4.23. The average molecular weight is 298 g/mol. The monoisotopic (exact) mass is 298 g/mol. The van der Waals surface area contributed by atoms with Crippen LogP contribution in [0.15, 0.2) is 29.2 Å². The molecule has 1 aliphatic heterocycles. The van der Waals surface area contributed by atoms with Crippen molar-refractivity contribution < 1.29 is 18.3 Å². The highest BCUT2D eigenvalue weighted by molar-refractivity contribution is 7.92. The van der Waals surface area contributed by atoms with Crippen LogP contribution in [-0.2, 0) is 20.0 Å². The van der Waals surface area contributed by atoms with Gasteiger partial charge in [0.05, 0.1) is 17.6 Å². The molecule has 0 aromatic heterocycles. The number of hydrogen-bond acceptors (Lipinski definition) is 4. The van der Waals surface area contributed by atoms with Crippen molar-refractivity contribution in [2.75, 3.05) is 13.2 Å². The molecule has 0 bridgehead atoms. The first kappa shape index (κ1) is 15.5. The predicted octanol–water partition coefficient (Wildman–Crippen LogP) is 1.91. The fourth-order valence-corrected chi connectivity index (χ4v) is 4.01. The topological polar surface area (TPSA) is 63.6 Å². The molecule has 1 aliphatic rings. The standard InChI is InChI=1S/C15H22O4S/c1-15(2,3)11-4-6-12(7-5-11)20(17,18)14-10-19-9-8-13(14)16/h4-7,13-14,16H,8-10H2,1-3H3. The first-order chi connectivity index (χ1) is 9.23. The Morgan fingerprint density at radius 1 is 1.20 bits per heavy atom. The predicted molar refractivity (Wildman–Crippen MR) is 77.6 cm³/mol. The molecule has 2 rings (SSSR count). The Hall–Kier alpha value is -0.910. The lowest BCUT2D eigenvalue weighted by Gasteiger charge is -2.27. The van der Waals surface area contributed by atoms with E-state index < -0.39 is 21.2 Å². The van der Waals surface area contributed by atoms with Gasteiger partial charge in [0.15, 0.2) is 9.84 Å². The minimum atomic E-state index is -3.55. The van der Waals surface area contributed by atoms with Gasteiger partial charge in [-0.2, -0.15) is 0 Å². The largest absolute Gasteiger partial charge is 0.392 e. The Morgan fingerprint density at radius 2 is 1.80 bits per heavy atom. The van der Waals surface area contributed by atoms with Crippen molar-refractivity contribution in [3.05, 3.63) is 29.8 Å². The maximum atomic E-state index is 12.5. The van der Waals surface area contributed by atoms with Crippen molar-refractivity contribution in [2.45, 2.75) is 48.9 Å². The highest BCUT2D eigenvalue weighted by Crippen LogP contribution is 2.27. The van der Waals surface area contributed by atoms with E-state index in [0.717, 1.165) is 5.56 Å². The molecular formula is C15H22O4S. The van der Waals surface area contributed by atoms with Crippen molar-refractivity contribution in [3.63, 3.8) is 0 Å². The minimum absolute atomic E-state index is 0.0181. The Bertz CT molecular complexity index is 555. The molecule has 1 aromatic carbocycles. The number of aliphatic hydroxyl groups is 1. The smallest absolute Gasteiger partial charge is 0.186 e. The normalized spacial score (nSPS) is 24.6. The van der Waals surface area contributed by atoms with E-state index >= 15 is 0 Å². The van der Waals surface area contributed by atoms with Crippen LogP contribution in [0.3, 0.4) is 0 Å². The zero-order chi connectivity index (χ0) is 15.0. The highest BCUT2D eigenvalue weighted by atomic mass is 32.2. The Morgan fingerprint density at radius 3 is 2.30 bits per heavy atom. The molecule has 0 spiro atoms. The van der Waals surface area contributed by atoms with Gasteiger partial charge in [-0.25, -0.2) is 8.42 Å². The van der Waals surface area contributed by atoms with E-state index in [1.807, 2.05) is 12.1 Å². The summed E-state index contributed by atoms with van der Waals surface area (Å²) in [7, 11) is -3.55. The Balaban J connectivity index is 2.30. The molecule has 0 saturated carbocycles. The molecule has 0 amide bonds. The molecular weight excluding hydrogens is 276 g/mol. The lowest BCUT2D eigenvalue weighted by atomic mass is 9.87. The summed E-state index contributed by atoms with van der Waals surface area (Å²) in [6, 6.07) is 6.92. The van der Waals surface area contributed by atoms with Crippen LogP contribution >= 0.6 is 0 Å². The molecule has 1 aromatic rings. The van der Waals surface area contributed by atoms with E-state index in [1.165, 1.54) is 0 Å². The summed E-state index contributed by atoms with van der Waals surface area (Å²) in [5, 5.41) is 9.03. The summed E-state index contributed by atoms with van der Waals surface area (Å²) in [6.07, 6.45) is -0.486. The molecule has 4 nitrogen and oxygen atoms in total. The van der Waals surface area contributed by atoms with Crippen LogP contribution in [-0.4, -0.2) is 38.1 Å². The van der Waals surface area contributed by atoms with Crippen molar-refractivity contribution in [3.8, 4) is 0 Å². The summed E-state index contributed by atoms with van der Waals surface area (Å²) in [5.41, 5.74) is 1.06. The van der Waals surface area contributed by atoms with Crippen LogP contribution in [0, 0.1) is 0 Å². The number of ether oxygens (including phenoxy) is 1. The number of benzene rings is 1. The fraction of sp³-hybridized carbons (Fsp3) is 0.600. The van der Waals surface area contributed by atoms with Gasteiger partial charge in [0.1, 0.15) is 5.25 Å². The second-order valence-electron chi connectivity index (χ2n) is 6.29. The third kappa shape index (κ3) is 3.05. The summed E-state index contributed by atoms with van der Waals surface area (Å²) in [4.78, 5) is 0.250. The second kappa shape index (κ2) is 5.47. The highest BCUT2D eigenvalue weighted by Gasteiger charge is 2.36. The molecule has 112 valence electrons. The lowest BCUT2D eigenvalue weighted by Crippen LogP contribution is -2.42. The molecule has 0 aliphatic carbocycles. The molecule has 0 radical (unpaired) electrons. The quantitative estimate of drug-likeness (QED) is 0.906. The lowest BCUT2D eigenvalue weighted by molar-refractivity contribution is 0.0175. The summed E-state index contributed by atoms with van der Waals surface area (Å²) < 4.78 is 30.2. The van der Waals surface area contributed by atoms with E-state index in [2.05, 4.69) is 20.8 Å². The van der Waals surface area contributed by atoms with Crippen LogP contribution in [0.5, 0.6) is 0 Å².